The molecule has 4 rings (SSSR count). The van der Waals surface area contributed by atoms with Gasteiger partial charge in [-0.3, -0.25) is 10.00 Å². The molecule has 3 atom stereocenters. The van der Waals surface area contributed by atoms with Gasteiger partial charge in [0, 0.05) is 24.4 Å². The molecule has 1 aromatic heterocycles. The van der Waals surface area contributed by atoms with Crippen molar-refractivity contribution < 1.29 is 0 Å². The van der Waals surface area contributed by atoms with Crippen LogP contribution in [0.5, 0.6) is 0 Å². The third kappa shape index (κ3) is 1.90. The molecule has 1 aromatic carbocycles. The third-order valence-electron chi connectivity index (χ3n) is 4.93. The minimum atomic E-state index is 0.0228. The fraction of sp³-hybridized carbons (Fsp3) is 0.500. The van der Waals surface area contributed by atoms with Gasteiger partial charge in [-0.1, -0.05) is 6.07 Å². The number of nitrogens with one attached hydrogen (secondary N) is 1. The maximum Gasteiger partial charge on any atom is 0.102 e. The van der Waals surface area contributed by atoms with Crippen LogP contribution in [0.4, 0.5) is 0 Å². The van der Waals surface area contributed by atoms with E-state index in [9.17, 15) is 5.26 Å². The minimum Gasteiger partial charge on any atom is -0.284 e. The summed E-state index contributed by atoms with van der Waals surface area (Å²) in [6.07, 6.45) is 6.61. The second kappa shape index (κ2) is 4.60. The van der Waals surface area contributed by atoms with Crippen LogP contribution in [0.3, 0.4) is 0 Å². The molecule has 4 heteroatoms. The van der Waals surface area contributed by atoms with Crippen LogP contribution in [0.1, 0.15) is 24.8 Å². The van der Waals surface area contributed by atoms with E-state index in [-0.39, 0.29) is 6.04 Å². The summed E-state index contributed by atoms with van der Waals surface area (Å²) in [7, 11) is 0. The number of rotatable bonds is 3. The Kier molecular flexibility index (Phi) is 2.75. The zero-order valence-corrected chi connectivity index (χ0v) is 11.4. The monoisotopic (exact) mass is 266 g/mol. The zero-order chi connectivity index (χ0) is 13.5. The van der Waals surface area contributed by atoms with Gasteiger partial charge in [0.25, 0.3) is 0 Å². The summed E-state index contributed by atoms with van der Waals surface area (Å²) in [5.74, 6) is 0.840. The van der Waals surface area contributed by atoms with E-state index in [1.807, 2.05) is 6.20 Å². The summed E-state index contributed by atoms with van der Waals surface area (Å²) < 4.78 is 0. The summed E-state index contributed by atoms with van der Waals surface area (Å²) >= 11 is 0. The third-order valence-corrected chi connectivity index (χ3v) is 4.93. The second-order valence-corrected chi connectivity index (χ2v) is 6.17. The van der Waals surface area contributed by atoms with Crippen LogP contribution >= 0.6 is 0 Å². The summed E-state index contributed by atoms with van der Waals surface area (Å²) in [6, 6.07) is 9.52. The summed E-state index contributed by atoms with van der Waals surface area (Å²) in [5, 5.41) is 17.7. The lowest BCUT2D eigenvalue weighted by Gasteiger charge is -2.30. The van der Waals surface area contributed by atoms with E-state index in [2.05, 4.69) is 39.4 Å². The highest BCUT2D eigenvalue weighted by molar-refractivity contribution is 5.78. The summed E-state index contributed by atoms with van der Waals surface area (Å²) in [5.41, 5.74) is 2.29. The van der Waals surface area contributed by atoms with Gasteiger partial charge in [-0.2, -0.15) is 10.4 Å². The molecule has 0 amide bonds. The molecule has 102 valence electrons. The molecule has 2 aromatic rings. The molecule has 2 bridgehead atoms. The Balaban J connectivity index is 1.55. The maximum atomic E-state index is 9.54. The van der Waals surface area contributed by atoms with Gasteiger partial charge in [0.1, 0.15) is 6.04 Å². The van der Waals surface area contributed by atoms with Crippen molar-refractivity contribution in [2.24, 2.45) is 5.92 Å². The fourth-order valence-corrected chi connectivity index (χ4v) is 3.92. The van der Waals surface area contributed by atoms with E-state index in [0.717, 1.165) is 29.8 Å². The van der Waals surface area contributed by atoms with E-state index in [1.54, 1.807) is 0 Å². The van der Waals surface area contributed by atoms with Gasteiger partial charge in [-0.15, -0.1) is 0 Å². The second-order valence-electron chi connectivity index (χ2n) is 6.17. The molecule has 1 saturated carbocycles. The first-order valence-corrected chi connectivity index (χ1v) is 7.41. The molecule has 2 fully saturated rings. The van der Waals surface area contributed by atoms with Crippen LogP contribution in [-0.2, 0) is 6.42 Å². The largest absolute Gasteiger partial charge is 0.284 e. The lowest BCUT2D eigenvalue weighted by Crippen LogP contribution is -2.41. The molecule has 2 heterocycles. The van der Waals surface area contributed by atoms with Crippen LogP contribution in [0, 0.1) is 17.2 Å². The number of H-pyrrole nitrogens is 1. The highest BCUT2D eigenvalue weighted by Crippen LogP contribution is 2.38. The molecule has 1 saturated heterocycles. The predicted octanol–water partition coefficient (Wildman–Crippen LogP) is 2.48. The van der Waals surface area contributed by atoms with Gasteiger partial charge >= 0.3 is 0 Å². The number of hydrogen-bond donors (Lipinski definition) is 1. The number of aromatic nitrogens is 2. The molecule has 1 aliphatic heterocycles. The van der Waals surface area contributed by atoms with Gasteiger partial charge < -0.3 is 0 Å². The highest BCUT2D eigenvalue weighted by atomic mass is 15.2. The smallest absolute Gasteiger partial charge is 0.102 e. The number of nitriles is 1. The quantitative estimate of drug-likeness (QED) is 0.928. The lowest BCUT2D eigenvalue weighted by molar-refractivity contribution is 0.179. The van der Waals surface area contributed by atoms with E-state index in [1.165, 1.54) is 24.8 Å². The SMILES string of the molecule is N#CC(Cc1ccc2[nH]ncc2c1)N1CC2CCC1C2. The van der Waals surface area contributed by atoms with Gasteiger partial charge in [0.2, 0.25) is 0 Å². The Labute approximate surface area is 118 Å². The topological polar surface area (TPSA) is 55.7 Å². The number of fused-ring (bicyclic) bond motifs is 3. The standard InChI is InChI=1S/C16H18N4/c17-8-15(20-10-12-1-3-14(20)7-12)6-11-2-4-16-13(5-11)9-18-19-16/h2,4-5,9,12,14-15H,1,3,6-7,10H2,(H,18,19). The summed E-state index contributed by atoms with van der Waals surface area (Å²) in [6.45, 7) is 1.12. The number of benzene rings is 1. The van der Waals surface area contributed by atoms with Crippen LogP contribution in [-0.4, -0.2) is 33.7 Å². The molecule has 4 nitrogen and oxygen atoms in total. The van der Waals surface area contributed by atoms with Gasteiger partial charge in [-0.05, 0) is 42.9 Å². The number of aromatic amines is 1. The van der Waals surface area contributed by atoms with Gasteiger partial charge in [0.05, 0.1) is 17.8 Å². The average molecular weight is 266 g/mol. The zero-order valence-electron chi connectivity index (χ0n) is 11.4. The molecule has 0 radical (unpaired) electrons. The van der Waals surface area contributed by atoms with E-state index >= 15 is 0 Å². The van der Waals surface area contributed by atoms with Crippen molar-refractivity contribution in [3.8, 4) is 6.07 Å². The van der Waals surface area contributed by atoms with E-state index in [0.29, 0.717) is 6.04 Å². The van der Waals surface area contributed by atoms with Crippen LogP contribution in [0.15, 0.2) is 24.4 Å². The van der Waals surface area contributed by atoms with Gasteiger partial charge in [0.15, 0.2) is 0 Å². The molecule has 3 unspecified atom stereocenters. The van der Waals surface area contributed by atoms with Crippen LogP contribution in [0.25, 0.3) is 10.9 Å². The van der Waals surface area contributed by atoms with Crippen molar-refractivity contribution in [2.45, 2.75) is 37.8 Å². The minimum absolute atomic E-state index is 0.0228. The van der Waals surface area contributed by atoms with E-state index in [4.69, 9.17) is 0 Å². The molecule has 1 aliphatic carbocycles. The van der Waals surface area contributed by atoms with Crippen molar-refractivity contribution in [3.63, 3.8) is 0 Å². The van der Waals surface area contributed by atoms with Crippen LogP contribution in [0.2, 0.25) is 0 Å². The molecule has 2 aliphatic rings. The highest BCUT2D eigenvalue weighted by Gasteiger charge is 2.40. The van der Waals surface area contributed by atoms with Crippen molar-refractivity contribution in [1.29, 1.82) is 5.26 Å². The van der Waals surface area contributed by atoms with Gasteiger partial charge in [-0.25, -0.2) is 0 Å². The Bertz CT molecular complexity index is 668. The lowest BCUT2D eigenvalue weighted by atomic mass is 10.0. The number of piperidine rings is 1. The molecular weight excluding hydrogens is 248 g/mol. The number of likely N-dealkylation sites (tertiary alicyclic amines) is 1. The Morgan fingerprint density at radius 1 is 1.45 bits per heavy atom. The summed E-state index contributed by atoms with van der Waals surface area (Å²) in [4.78, 5) is 2.44. The van der Waals surface area contributed by atoms with Crippen LogP contribution < -0.4 is 0 Å². The normalized spacial score (nSPS) is 26.9. The number of hydrogen-bond acceptors (Lipinski definition) is 3. The first-order valence-electron chi connectivity index (χ1n) is 7.41. The van der Waals surface area contributed by atoms with Crippen molar-refractivity contribution in [2.75, 3.05) is 6.54 Å². The Hall–Kier alpha value is -1.86. The first-order chi connectivity index (χ1) is 9.83. The van der Waals surface area contributed by atoms with Crippen molar-refractivity contribution >= 4 is 10.9 Å². The maximum absolute atomic E-state index is 9.54. The molecule has 20 heavy (non-hydrogen) atoms. The predicted molar refractivity (Wildman–Crippen MR) is 77.0 cm³/mol. The molecule has 0 spiro atoms. The fourth-order valence-electron chi connectivity index (χ4n) is 3.92. The van der Waals surface area contributed by atoms with Crippen molar-refractivity contribution in [3.05, 3.63) is 30.0 Å². The molecular formula is C16H18N4. The van der Waals surface area contributed by atoms with E-state index < -0.39 is 0 Å². The number of nitrogens with zero attached hydrogens (tertiary/aromatic N) is 3. The van der Waals surface area contributed by atoms with Crippen molar-refractivity contribution in [1.82, 2.24) is 15.1 Å². The molecule has 1 N–H and O–H groups in total. The Morgan fingerprint density at radius 2 is 2.40 bits per heavy atom. The first kappa shape index (κ1) is 11.9. The Morgan fingerprint density at radius 3 is 3.15 bits per heavy atom. The average Bonchev–Trinajstić information content (AvgIpc) is 3.19.